The van der Waals surface area contributed by atoms with Crippen LogP contribution in [0, 0.1) is 13.8 Å². The zero-order valence-electron chi connectivity index (χ0n) is 11.7. The summed E-state index contributed by atoms with van der Waals surface area (Å²) in [6.45, 7) is 7.50. The summed E-state index contributed by atoms with van der Waals surface area (Å²) in [7, 11) is 0. The fourth-order valence-corrected chi connectivity index (χ4v) is 2.41. The first-order valence-electron chi connectivity index (χ1n) is 5.98. The number of nitrogens with one attached hydrogen (secondary N) is 2. The van der Waals surface area contributed by atoms with Crippen LogP contribution in [0.5, 0.6) is 0 Å². The lowest BCUT2D eigenvalue weighted by Gasteiger charge is -2.23. The van der Waals surface area contributed by atoms with Gasteiger partial charge in [0.25, 0.3) is 0 Å². The third kappa shape index (κ3) is 4.29. The number of nitrogens with two attached hydrogens (primary N) is 1. The summed E-state index contributed by atoms with van der Waals surface area (Å²) < 4.78 is 0. The van der Waals surface area contributed by atoms with Gasteiger partial charge in [-0.1, -0.05) is 0 Å². The highest BCUT2D eigenvalue weighted by atomic mass is 32.1. The van der Waals surface area contributed by atoms with Gasteiger partial charge in [0.05, 0.1) is 24.3 Å². The van der Waals surface area contributed by atoms with Crippen LogP contribution < -0.4 is 16.4 Å². The molecule has 0 aliphatic heterocycles. The maximum Gasteiger partial charge on any atom is 0.240 e. The molecule has 0 radical (unpaired) electrons. The number of amides is 2. The molecule has 0 saturated heterocycles. The molecule has 0 aromatic carbocycles. The molecule has 4 N–H and O–H groups in total. The van der Waals surface area contributed by atoms with E-state index in [9.17, 15) is 9.59 Å². The van der Waals surface area contributed by atoms with E-state index in [0.29, 0.717) is 0 Å². The van der Waals surface area contributed by atoms with Crippen LogP contribution in [-0.2, 0) is 15.1 Å². The van der Waals surface area contributed by atoms with E-state index in [1.165, 1.54) is 0 Å². The second-order valence-electron chi connectivity index (χ2n) is 4.81. The van der Waals surface area contributed by atoms with Crippen LogP contribution in [0.1, 0.15) is 29.4 Å². The highest BCUT2D eigenvalue weighted by molar-refractivity contribution is 7.11. The van der Waals surface area contributed by atoms with E-state index in [4.69, 9.17) is 5.73 Å². The van der Waals surface area contributed by atoms with Crippen LogP contribution in [-0.4, -0.2) is 29.9 Å². The summed E-state index contributed by atoms with van der Waals surface area (Å²) in [5, 5.41) is 6.12. The number of carbonyl (C=O) groups excluding carboxylic acids is 2. The van der Waals surface area contributed by atoms with E-state index >= 15 is 0 Å². The molecule has 1 rings (SSSR count). The smallest absolute Gasteiger partial charge is 0.240 e. The minimum absolute atomic E-state index is 0.0806. The zero-order chi connectivity index (χ0) is 14.6. The van der Waals surface area contributed by atoms with Gasteiger partial charge in [-0.2, -0.15) is 0 Å². The first-order chi connectivity index (χ1) is 8.76. The van der Waals surface area contributed by atoms with Crippen LogP contribution in [0.15, 0.2) is 0 Å². The minimum atomic E-state index is -0.561. The topological polar surface area (TPSA) is 97.1 Å². The Morgan fingerprint density at radius 2 is 1.95 bits per heavy atom. The fraction of sp³-hybridized carbons (Fsp3) is 0.583. The molecule has 6 nitrogen and oxygen atoms in total. The predicted octanol–water partition coefficient (Wildman–Crippen LogP) is 0.186. The van der Waals surface area contributed by atoms with Crippen LogP contribution in [0.4, 0.5) is 0 Å². The normalized spacial score (nSPS) is 11.2. The average molecular weight is 284 g/mol. The molecule has 0 fully saturated rings. The van der Waals surface area contributed by atoms with E-state index in [-0.39, 0.29) is 24.9 Å². The monoisotopic (exact) mass is 284 g/mol. The number of carbonyl (C=O) groups is 2. The summed E-state index contributed by atoms with van der Waals surface area (Å²) in [5.41, 5.74) is 5.55. The standard InChI is InChI=1S/C12H20N4O2S/c1-7-8(2)19-11(15-7)12(3,4)16-10(18)6-14-9(17)5-13/h5-6,13H2,1-4H3,(H,14,17)(H,16,18). The molecule has 1 aromatic rings. The first kappa shape index (κ1) is 15.6. The Hall–Kier alpha value is -1.47. The van der Waals surface area contributed by atoms with Gasteiger partial charge < -0.3 is 16.4 Å². The quantitative estimate of drug-likeness (QED) is 0.719. The summed E-state index contributed by atoms with van der Waals surface area (Å²) in [6.07, 6.45) is 0. The maximum atomic E-state index is 11.8. The molecule has 7 heteroatoms. The molecule has 1 heterocycles. The van der Waals surface area contributed by atoms with Gasteiger partial charge in [-0.3, -0.25) is 9.59 Å². The second-order valence-corrected chi connectivity index (χ2v) is 6.02. The van der Waals surface area contributed by atoms with Crippen molar-refractivity contribution in [1.29, 1.82) is 0 Å². The van der Waals surface area contributed by atoms with Crippen molar-refractivity contribution in [3.05, 3.63) is 15.6 Å². The first-order valence-corrected chi connectivity index (χ1v) is 6.80. The van der Waals surface area contributed by atoms with Crippen molar-refractivity contribution in [2.45, 2.75) is 33.2 Å². The molecule has 0 spiro atoms. The number of aryl methyl sites for hydroxylation is 2. The lowest BCUT2D eigenvalue weighted by molar-refractivity contribution is -0.126. The van der Waals surface area contributed by atoms with Gasteiger partial charge in [0.1, 0.15) is 5.01 Å². The Kier molecular flexibility index (Phi) is 5.02. The predicted molar refractivity (Wildman–Crippen MR) is 74.8 cm³/mol. The lowest BCUT2D eigenvalue weighted by Crippen LogP contribution is -2.46. The second kappa shape index (κ2) is 6.12. The number of nitrogens with zero attached hydrogens (tertiary/aromatic N) is 1. The van der Waals surface area contributed by atoms with Crippen LogP contribution in [0.2, 0.25) is 0 Å². The average Bonchev–Trinajstić information content (AvgIpc) is 2.67. The molecule has 19 heavy (non-hydrogen) atoms. The molecule has 0 saturated carbocycles. The van der Waals surface area contributed by atoms with Crippen molar-refractivity contribution in [2.24, 2.45) is 5.73 Å². The summed E-state index contributed by atoms with van der Waals surface area (Å²) in [5.74, 6) is -0.619. The van der Waals surface area contributed by atoms with Gasteiger partial charge >= 0.3 is 0 Å². The third-order valence-electron chi connectivity index (χ3n) is 2.65. The van der Waals surface area contributed by atoms with E-state index in [0.717, 1.165) is 15.6 Å². The Morgan fingerprint density at radius 3 is 2.42 bits per heavy atom. The van der Waals surface area contributed by atoms with Gasteiger partial charge in [0.15, 0.2) is 0 Å². The molecular weight excluding hydrogens is 264 g/mol. The third-order valence-corrected chi connectivity index (χ3v) is 4.04. The minimum Gasteiger partial charge on any atom is -0.346 e. The highest BCUT2D eigenvalue weighted by Gasteiger charge is 2.26. The molecule has 0 aliphatic rings. The molecular formula is C12H20N4O2S. The van der Waals surface area contributed by atoms with Crippen LogP contribution in [0.25, 0.3) is 0 Å². The van der Waals surface area contributed by atoms with E-state index in [1.807, 2.05) is 27.7 Å². The number of hydrogen-bond acceptors (Lipinski definition) is 5. The molecule has 2 amide bonds. The maximum absolute atomic E-state index is 11.8. The molecule has 0 bridgehead atoms. The van der Waals surface area contributed by atoms with Crippen molar-refractivity contribution in [1.82, 2.24) is 15.6 Å². The van der Waals surface area contributed by atoms with E-state index in [2.05, 4.69) is 15.6 Å². The van der Waals surface area contributed by atoms with E-state index in [1.54, 1.807) is 11.3 Å². The molecule has 1 aromatic heterocycles. The van der Waals surface area contributed by atoms with Gasteiger partial charge in [0, 0.05) is 4.88 Å². The van der Waals surface area contributed by atoms with Gasteiger partial charge in [0.2, 0.25) is 11.8 Å². The summed E-state index contributed by atoms with van der Waals surface area (Å²) >= 11 is 1.56. The number of rotatable bonds is 5. The van der Waals surface area contributed by atoms with Crippen molar-refractivity contribution < 1.29 is 9.59 Å². The summed E-state index contributed by atoms with van der Waals surface area (Å²) in [4.78, 5) is 28.3. The van der Waals surface area contributed by atoms with Crippen LogP contribution in [0.3, 0.4) is 0 Å². The molecule has 0 unspecified atom stereocenters. The largest absolute Gasteiger partial charge is 0.346 e. The van der Waals surface area contributed by atoms with Crippen molar-refractivity contribution in [3.63, 3.8) is 0 Å². The van der Waals surface area contributed by atoms with Crippen molar-refractivity contribution in [3.8, 4) is 0 Å². The van der Waals surface area contributed by atoms with Crippen molar-refractivity contribution >= 4 is 23.2 Å². The number of aromatic nitrogens is 1. The fourth-order valence-electron chi connectivity index (χ4n) is 1.44. The molecule has 106 valence electrons. The Bertz CT molecular complexity index is 463. The highest BCUT2D eigenvalue weighted by Crippen LogP contribution is 2.26. The number of thiazole rings is 1. The zero-order valence-corrected chi connectivity index (χ0v) is 12.5. The summed E-state index contributed by atoms with van der Waals surface area (Å²) in [6, 6.07) is 0. The lowest BCUT2D eigenvalue weighted by atomic mass is 10.1. The molecule has 0 atom stereocenters. The van der Waals surface area contributed by atoms with E-state index < -0.39 is 5.54 Å². The number of hydrogen-bond donors (Lipinski definition) is 3. The Morgan fingerprint density at radius 1 is 1.32 bits per heavy atom. The Balaban J connectivity index is 2.63. The Labute approximate surface area is 116 Å². The molecule has 0 aliphatic carbocycles. The van der Waals surface area contributed by atoms with Crippen molar-refractivity contribution in [2.75, 3.05) is 13.1 Å². The van der Waals surface area contributed by atoms with Gasteiger partial charge in [-0.15, -0.1) is 11.3 Å². The van der Waals surface area contributed by atoms with Crippen LogP contribution >= 0.6 is 11.3 Å². The van der Waals surface area contributed by atoms with Gasteiger partial charge in [-0.25, -0.2) is 4.98 Å². The SMILES string of the molecule is Cc1nc(C(C)(C)NC(=O)CNC(=O)CN)sc1C. The van der Waals surface area contributed by atoms with Gasteiger partial charge in [-0.05, 0) is 27.7 Å².